The molecule has 0 N–H and O–H groups in total. The molecule has 0 fully saturated rings. The van der Waals surface area contributed by atoms with Gasteiger partial charge >= 0.3 is 11.9 Å². The van der Waals surface area contributed by atoms with Crippen LogP contribution in [0.4, 0.5) is 0 Å². The third kappa shape index (κ3) is 2.88. The molecule has 0 saturated carbocycles. The van der Waals surface area contributed by atoms with E-state index in [1.54, 1.807) is 0 Å². The monoisotopic (exact) mass is 314 g/mol. The molecule has 0 spiro atoms. The minimum atomic E-state index is -0.425. The summed E-state index contributed by atoms with van der Waals surface area (Å²) < 4.78 is 10.0. The molecule has 1 heterocycles. The molecule has 20 heavy (non-hydrogen) atoms. The van der Waals surface area contributed by atoms with Crippen LogP contribution in [0.1, 0.15) is 38.4 Å². The molecule has 1 aliphatic rings. The zero-order valence-electron chi connectivity index (χ0n) is 11.2. The van der Waals surface area contributed by atoms with Crippen molar-refractivity contribution in [3.8, 4) is 0 Å². The average Bonchev–Trinajstić information content (AvgIpc) is 2.84. The van der Waals surface area contributed by atoms with Crippen molar-refractivity contribution in [2.24, 2.45) is 0 Å². The molecule has 2 rings (SSSR count). The van der Waals surface area contributed by atoms with Gasteiger partial charge in [0.05, 0.1) is 24.2 Å². The topological polar surface area (TPSA) is 69.7 Å². The first-order valence-corrected chi connectivity index (χ1v) is 7.85. The number of hydrogen-bond donors (Lipinski definition) is 0. The Hall–Kier alpha value is -1.34. The summed E-state index contributed by atoms with van der Waals surface area (Å²) in [6.45, 7) is 0. The van der Waals surface area contributed by atoms with Crippen LogP contribution < -0.4 is 0 Å². The minimum Gasteiger partial charge on any atom is -0.468 e. The number of ketones is 1. The highest BCUT2D eigenvalue weighted by molar-refractivity contribution is 8.01. The smallest absolute Gasteiger partial charge is 0.348 e. The van der Waals surface area contributed by atoms with Gasteiger partial charge in [0.25, 0.3) is 0 Å². The highest BCUT2D eigenvalue weighted by Gasteiger charge is 2.30. The first-order valence-electron chi connectivity index (χ1n) is 6.05. The number of fused-ring (bicyclic) bond motifs is 1. The highest BCUT2D eigenvalue weighted by Crippen LogP contribution is 2.40. The number of Topliss-reactive ketones (excluding diaryl/α,β-unsaturated/α-hetero) is 1. The summed E-state index contributed by atoms with van der Waals surface area (Å²) in [6, 6.07) is 0. The van der Waals surface area contributed by atoms with Crippen LogP contribution >= 0.6 is 23.1 Å². The summed E-state index contributed by atoms with van der Waals surface area (Å²) >= 11 is 2.46. The molecule has 0 bridgehead atoms. The summed E-state index contributed by atoms with van der Waals surface area (Å²) in [5.74, 6) is -0.631. The quantitative estimate of drug-likeness (QED) is 0.627. The second-order valence-corrected chi connectivity index (χ2v) is 6.47. The molecule has 0 aliphatic heterocycles. The van der Waals surface area contributed by atoms with Crippen LogP contribution in [-0.2, 0) is 20.7 Å². The van der Waals surface area contributed by atoms with E-state index >= 15 is 0 Å². The van der Waals surface area contributed by atoms with Gasteiger partial charge in [-0.05, 0) is 18.4 Å². The fourth-order valence-corrected chi connectivity index (χ4v) is 4.49. The third-order valence-electron chi connectivity index (χ3n) is 3.00. The first-order chi connectivity index (χ1) is 9.58. The second-order valence-electron chi connectivity index (χ2n) is 4.21. The maximum Gasteiger partial charge on any atom is 0.348 e. The van der Waals surface area contributed by atoms with E-state index in [-0.39, 0.29) is 17.5 Å². The van der Waals surface area contributed by atoms with Crippen molar-refractivity contribution < 1.29 is 23.9 Å². The van der Waals surface area contributed by atoms with Gasteiger partial charge in [-0.15, -0.1) is 23.1 Å². The largest absolute Gasteiger partial charge is 0.468 e. The van der Waals surface area contributed by atoms with Crippen molar-refractivity contribution in [1.29, 1.82) is 0 Å². The molecule has 0 aromatic carbocycles. The molecule has 0 atom stereocenters. The van der Waals surface area contributed by atoms with Gasteiger partial charge in [0.2, 0.25) is 0 Å². The summed E-state index contributed by atoms with van der Waals surface area (Å²) in [5.41, 5.74) is 1.36. The molecule has 0 unspecified atom stereocenters. The van der Waals surface area contributed by atoms with Crippen LogP contribution in [-0.4, -0.2) is 37.7 Å². The Morgan fingerprint density at radius 1 is 1.25 bits per heavy atom. The van der Waals surface area contributed by atoms with Crippen molar-refractivity contribution >= 4 is 40.8 Å². The predicted octanol–water partition coefficient (Wildman–Crippen LogP) is 2.32. The fourth-order valence-electron chi connectivity index (χ4n) is 2.06. The number of esters is 2. The molecular formula is C13H14O5S2. The third-order valence-corrected chi connectivity index (χ3v) is 5.46. The van der Waals surface area contributed by atoms with E-state index in [2.05, 4.69) is 4.74 Å². The van der Waals surface area contributed by atoms with Gasteiger partial charge in [0, 0.05) is 12.0 Å². The number of thiophene rings is 1. The highest BCUT2D eigenvalue weighted by atomic mass is 32.2. The van der Waals surface area contributed by atoms with Gasteiger partial charge in [-0.25, -0.2) is 4.79 Å². The lowest BCUT2D eigenvalue weighted by molar-refractivity contribution is -0.137. The zero-order valence-corrected chi connectivity index (χ0v) is 12.8. The Labute approximate surface area is 124 Å². The molecule has 0 saturated heterocycles. The number of hydrogen-bond acceptors (Lipinski definition) is 7. The summed E-state index contributed by atoms with van der Waals surface area (Å²) in [6.07, 6.45) is 1.92. The Kier molecular flexibility index (Phi) is 4.82. The fraction of sp³-hybridized carbons (Fsp3) is 0.462. The molecule has 1 aromatic rings. The molecule has 108 valence electrons. The van der Waals surface area contributed by atoms with Crippen molar-refractivity contribution in [3.63, 3.8) is 0 Å². The predicted molar refractivity (Wildman–Crippen MR) is 75.7 cm³/mol. The van der Waals surface area contributed by atoms with E-state index in [0.717, 1.165) is 12.0 Å². The molecule has 1 aliphatic carbocycles. The Morgan fingerprint density at radius 2 is 2.00 bits per heavy atom. The number of carbonyl (C=O) groups excluding carboxylic acids is 3. The molecule has 0 amide bonds. The molecule has 1 aromatic heterocycles. The molecule has 0 radical (unpaired) electrons. The van der Waals surface area contributed by atoms with Crippen molar-refractivity contribution in [2.45, 2.75) is 23.5 Å². The number of carbonyl (C=O) groups is 3. The van der Waals surface area contributed by atoms with Crippen LogP contribution in [0.3, 0.4) is 0 Å². The zero-order chi connectivity index (χ0) is 14.7. The number of ether oxygens (including phenoxy) is 2. The summed E-state index contributed by atoms with van der Waals surface area (Å²) in [7, 11) is 2.64. The van der Waals surface area contributed by atoms with Gasteiger partial charge < -0.3 is 9.47 Å². The van der Waals surface area contributed by atoms with E-state index in [0.29, 0.717) is 27.5 Å². The Bertz CT molecular complexity index is 561. The lowest BCUT2D eigenvalue weighted by atomic mass is 9.93. The number of methoxy groups -OCH3 is 2. The Morgan fingerprint density at radius 3 is 2.65 bits per heavy atom. The first kappa shape index (κ1) is 15.1. The number of rotatable bonds is 4. The van der Waals surface area contributed by atoms with Gasteiger partial charge in [0.15, 0.2) is 5.78 Å². The minimum absolute atomic E-state index is 0.0324. The molecule has 7 heteroatoms. The van der Waals surface area contributed by atoms with Gasteiger partial charge in [-0.1, -0.05) is 0 Å². The van der Waals surface area contributed by atoms with Gasteiger partial charge in [-0.3, -0.25) is 9.59 Å². The van der Waals surface area contributed by atoms with E-state index in [1.165, 1.54) is 37.3 Å². The maximum absolute atomic E-state index is 12.1. The Balaban J connectivity index is 2.36. The lowest BCUT2D eigenvalue weighted by Gasteiger charge is -2.12. The second kappa shape index (κ2) is 6.41. The average molecular weight is 314 g/mol. The van der Waals surface area contributed by atoms with Crippen molar-refractivity contribution in [2.75, 3.05) is 20.0 Å². The van der Waals surface area contributed by atoms with E-state index < -0.39 is 5.97 Å². The van der Waals surface area contributed by atoms with Crippen molar-refractivity contribution in [1.82, 2.24) is 0 Å². The van der Waals surface area contributed by atoms with Crippen LogP contribution in [0.25, 0.3) is 0 Å². The summed E-state index contributed by atoms with van der Waals surface area (Å²) in [4.78, 5) is 35.5. The van der Waals surface area contributed by atoms with Crippen LogP contribution in [0, 0.1) is 0 Å². The lowest BCUT2D eigenvalue weighted by Crippen LogP contribution is -2.12. The number of thioether (sulfide) groups is 1. The van der Waals surface area contributed by atoms with Crippen LogP contribution in [0.5, 0.6) is 0 Å². The SMILES string of the molecule is COC(=O)CSc1sc(C(=O)OC)c2c1C(=O)CCC2. The molecular weight excluding hydrogens is 300 g/mol. The van der Waals surface area contributed by atoms with E-state index in [9.17, 15) is 14.4 Å². The molecule has 5 nitrogen and oxygen atoms in total. The van der Waals surface area contributed by atoms with E-state index in [4.69, 9.17) is 4.74 Å². The van der Waals surface area contributed by atoms with Gasteiger partial charge in [-0.2, -0.15) is 0 Å². The van der Waals surface area contributed by atoms with E-state index in [1.807, 2.05) is 0 Å². The van der Waals surface area contributed by atoms with Crippen LogP contribution in [0.2, 0.25) is 0 Å². The van der Waals surface area contributed by atoms with Crippen molar-refractivity contribution in [3.05, 3.63) is 16.0 Å². The van der Waals surface area contributed by atoms with Crippen LogP contribution in [0.15, 0.2) is 4.21 Å². The maximum atomic E-state index is 12.1. The summed E-state index contributed by atoms with van der Waals surface area (Å²) in [5, 5.41) is 0. The standard InChI is InChI=1S/C13H14O5S2/c1-17-9(15)6-19-13-10-7(4-3-5-8(10)14)11(20-13)12(16)18-2/h3-6H2,1-2H3. The normalized spacial score (nSPS) is 13.8. The van der Waals surface area contributed by atoms with Gasteiger partial charge in [0.1, 0.15) is 4.88 Å².